The van der Waals surface area contributed by atoms with E-state index in [-0.39, 0.29) is 0 Å². The van der Waals surface area contributed by atoms with E-state index in [0.717, 1.165) is 11.3 Å². The van der Waals surface area contributed by atoms with Crippen LogP contribution in [0.5, 0.6) is 0 Å². The van der Waals surface area contributed by atoms with E-state index in [0.29, 0.717) is 24.4 Å². The number of nitrogens with zero attached hydrogens (tertiary/aromatic N) is 3. The van der Waals surface area contributed by atoms with Crippen molar-refractivity contribution in [2.45, 2.75) is 11.3 Å². The molecule has 0 saturated heterocycles. The standard InChI is InChI=1S/C20H19N3O2S/c24-26(25,20-9-7-19(8-10-20)23-14-4-13-21-23)22-15-11-18(12-16-22)17-5-2-1-3-6-17/h1-11,13-14H,12,15-16H2. The molecule has 1 aliphatic rings. The van der Waals surface area contributed by atoms with Gasteiger partial charge in [0.15, 0.2) is 0 Å². The van der Waals surface area contributed by atoms with Crippen molar-refractivity contribution < 1.29 is 8.42 Å². The van der Waals surface area contributed by atoms with Crippen molar-refractivity contribution in [3.8, 4) is 5.69 Å². The lowest BCUT2D eigenvalue weighted by Gasteiger charge is -2.26. The minimum Gasteiger partial charge on any atom is -0.241 e. The van der Waals surface area contributed by atoms with E-state index >= 15 is 0 Å². The fraction of sp³-hybridized carbons (Fsp3) is 0.150. The highest BCUT2D eigenvalue weighted by atomic mass is 32.2. The van der Waals surface area contributed by atoms with Gasteiger partial charge in [0.25, 0.3) is 0 Å². The van der Waals surface area contributed by atoms with Crippen molar-refractivity contribution in [1.29, 1.82) is 0 Å². The lowest BCUT2D eigenvalue weighted by Crippen LogP contribution is -2.34. The van der Waals surface area contributed by atoms with Crippen molar-refractivity contribution in [3.63, 3.8) is 0 Å². The molecule has 2 aromatic carbocycles. The first-order chi connectivity index (χ1) is 12.6. The fourth-order valence-corrected chi connectivity index (χ4v) is 4.51. The average Bonchev–Trinajstić information content (AvgIpc) is 3.24. The molecule has 0 fully saturated rings. The summed E-state index contributed by atoms with van der Waals surface area (Å²) in [6.07, 6.45) is 6.24. The van der Waals surface area contributed by atoms with Crippen LogP contribution in [-0.4, -0.2) is 35.6 Å². The van der Waals surface area contributed by atoms with Crippen molar-refractivity contribution >= 4 is 15.6 Å². The van der Waals surface area contributed by atoms with Crippen molar-refractivity contribution in [2.24, 2.45) is 0 Å². The first kappa shape index (κ1) is 16.8. The predicted molar refractivity (Wildman–Crippen MR) is 101 cm³/mol. The summed E-state index contributed by atoms with van der Waals surface area (Å²) in [6.45, 7) is 0.886. The second-order valence-corrected chi connectivity index (χ2v) is 8.09. The zero-order chi connectivity index (χ0) is 18.0. The molecule has 0 aliphatic carbocycles. The quantitative estimate of drug-likeness (QED) is 0.712. The first-order valence-corrected chi connectivity index (χ1v) is 9.93. The average molecular weight is 365 g/mol. The Kier molecular flexibility index (Phi) is 4.44. The highest BCUT2D eigenvalue weighted by Crippen LogP contribution is 2.26. The minimum atomic E-state index is -3.49. The normalized spacial score (nSPS) is 15.6. The van der Waals surface area contributed by atoms with Gasteiger partial charge in [0.2, 0.25) is 10.0 Å². The number of aromatic nitrogens is 2. The van der Waals surface area contributed by atoms with Gasteiger partial charge in [-0.3, -0.25) is 0 Å². The number of hydrogen-bond acceptors (Lipinski definition) is 3. The maximum Gasteiger partial charge on any atom is 0.243 e. The monoisotopic (exact) mass is 365 g/mol. The van der Waals surface area contributed by atoms with Crippen molar-refractivity contribution in [1.82, 2.24) is 14.1 Å². The Labute approximate surface area is 153 Å². The summed E-state index contributed by atoms with van der Waals surface area (Å²) in [7, 11) is -3.49. The molecule has 0 N–H and O–H groups in total. The van der Waals surface area contributed by atoms with Crippen LogP contribution in [-0.2, 0) is 10.0 Å². The van der Waals surface area contributed by atoms with Gasteiger partial charge in [-0.1, -0.05) is 36.4 Å². The molecule has 0 radical (unpaired) electrons. The molecule has 0 spiro atoms. The molecular weight excluding hydrogens is 346 g/mol. The predicted octanol–water partition coefficient (Wildman–Crippen LogP) is 3.35. The summed E-state index contributed by atoms with van der Waals surface area (Å²) in [5.41, 5.74) is 3.19. The lowest BCUT2D eigenvalue weighted by atomic mass is 10.0. The van der Waals surface area contributed by atoms with Gasteiger partial charge in [-0.05, 0) is 47.9 Å². The Morgan fingerprint density at radius 3 is 2.31 bits per heavy atom. The molecule has 0 atom stereocenters. The van der Waals surface area contributed by atoms with Gasteiger partial charge in [-0.15, -0.1) is 0 Å². The Balaban J connectivity index is 1.53. The minimum absolute atomic E-state index is 0.310. The number of rotatable bonds is 4. The molecule has 0 unspecified atom stereocenters. The Hall–Kier alpha value is -2.70. The fourth-order valence-electron chi connectivity index (χ4n) is 3.12. The molecule has 1 aromatic heterocycles. The summed E-state index contributed by atoms with van der Waals surface area (Å²) in [5.74, 6) is 0. The molecule has 0 amide bonds. The van der Waals surface area contributed by atoms with Crippen LogP contribution >= 0.6 is 0 Å². The molecule has 132 valence electrons. The topological polar surface area (TPSA) is 55.2 Å². The molecule has 0 saturated carbocycles. The van der Waals surface area contributed by atoms with E-state index in [4.69, 9.17) is 0 Å². The largest absolute Gasteiger partial charge is 0.243 e. The molecule has 0 bridgehead atoms. The van der Waals surface area contributed by atoms with Gasteiger partial charge in [-0.25, -0.2) is 13.1 Å². The maximum absolute atomic E-state index is 12.9. The SMILES string of the molecule is O=S(=O)(c1ccc(-n2cccn2)cc1)N1CC=C(c2ccccc2)CC1. The van der Waals surface area contributed by atoms with E-state index in [1.165, 1.54) is 9.88 Å². The van der Waals surface area contributed by atoms with Crippen LogP contribution in [0.25, 0.3) is 11.3 Å². The lowest BCUT2D eigenvalue weighted by molar-refractivity contribution is 0.441. The highest BCUT2D eigenvalue weighted by molar-refractivity contribution is 7.89. The van der Waals surface area contributed by atoms with E-state index in [1.54, 1.807) is 35.1 Å². The Morgan fingerprint density at radius 1 is 0.923 bits per heavy atom. The molecule has 26 heavy (non-hydrogen) atoms. The number of hydrogen-bond donors (Lipinski definition) is 0. The molecule has 1 aliphatic heterocycles. The van der Waals surface area contributed by atoms with E-state index in [1.807, 2.05) is 36.5 Å². The van der Waals surface area contributed by atoms with Crippen molar-refractivity contribution in [3.05, 3.63) is 84.7 Å². The van der Waals surface area contributed by atoms with Crippen LogP contribution in [0.4, 0.5) is 0 Å². The van der Waals surface area contributed by atoms with Crippen LogP contribution in [0.3, 0.4) is 0 Å². The molecular formula is C20H19N3O2S. The second-order valence-electron chi connectivity index (χ2n) is 6.15. The summed E-state index contributed by atoms with van der Waals surface area (Å²) < 4.78 is 29.0. The summed E-state index contributed by atoms with van der Waals surface area (Å²) in [6, 6.07) is 18.8. The van der Waals surface area contributed by atoms with E-state index in [2.05, 4.69) is 17.2 Å². The first-order valence-electron chi connectivity index (χ1n) is 8.49. The molecule has 4 rings (SSSR count). The van der Waals surface area contributed by atoms with Crippen LogP contribution in [0.15, 0.2) is 84.0 Å². The molecule has 2 heterocycles. The highest BCUT2D eigenvalue weighted by Gasteiger charge is 2.26. The maximum atomic E-state index is 12.9. The second kappa shape index (κ2) is 6.90. The third-order valence-corrected chi connectivity index (χ3v) is 6.44. The van der Waals surface area contributed by atoms with Gasteiger partial charge < -0.3 is 0 Å². The molecule has 5 nitrogen and oxygen atoms in total. The third kappa shape index (κ3) is 3.21. The summed E-state index contributed by atoms with van der Waals surface area (Å²) in [5, 5.41) is 4.15. The Morgan fingerprint density at radius 2 is 1.69 bits per heavy atom. The molecule has 6 heteroatoms. The van der Waals surface area contributed by atoms with Crippen molar-refractivity contribution in [2.75, 3.05) is 13.1 Å². The zero-order valence-corrected chi connectivity index (χ0v) is 15.0. The van der Waals surface area contributed by atoms with Gasteiger partial charge in [0, 0.05) is 25.5 Å². The Bertz CT molecular complexity index is 1010. The van der Waals surface area contributed by atoms with Crippen LogP contribution in [0.1, 0.15) is 12.0 Å². The molecule has 3 aromatic rings. The summed E-state index contributed by atoms with van der Waals surface area (Å²) in [4.78, 5) is 0.310. The van der Waals surface area contributed by atoms with Crippen LogP contribution in [0, 0.1) is 0 Å². The summed E-state index contributed by atoms with van der Waals surface area (Å²) >= 11 is 0. The number of sulfonamides is 1. The smallest absolute Gasteiger partial charge is 0.241 e. The van der Waals surface area contributed by atoms with Gasteiger partial charge in [0.05, 0.1) is 10.6 Å². The number of benzene rings is 2. The zero-order valence-electron chi connectivity index (χ0n) is 14.2. The van der Waals surface area contributed by atoms with E-state index < -0.39 is 10.0 Å². The van der Waals surface area contributed by atoms with Gasteiger partial charge in [-0.2, -0.15) is 9.40 Å². The third-order valence-electron chi connectivity index (χ3n) is 4.56. The van der Waals surface area contributed by atoms with Gasteiger partial charge in [0.1, 0.15) is 0 Å². The van der Waals surface area contributed by atoms with E-state index in [9.17, 15) is 8.42 Å². The van der Waals surface area contributed by atoms with Crippen LogP contribution < -0.4 is 0 Å². The van der Waals surface area contributed by atoms with Gasteiger partial charge >= 0.3 is 0 Å². The van der Waals surface area contributed by atoms with Crippen LogP contribution in [0.2, 0.25) is 0 Å².